The number of carbonyl (C=O) groups excluding carboxylic acids is 1. The molecule has 0 aliphatic heterocycles. The molecule has 28 heavy (non-hydrogen) atoms. The van der Waals surface area contributed by atoms with Crippen molar-refractivity contribution < 1.29 is 9.18 Å². The summed E-state index contributed by atoms with van der Waals surface area (Å²) in [6, 6.07) is 12.5. The van der Waals surface area contributed by atoms with E-state index in [0.29, 0.717) is 16.4 Å². The van der Waals surface area contributed by atoms with Crippen molar-refractivity contribution in [3.05, 3.63) is 59.4 Å². The van der Waals surface area contributed by atoms with Gasteiger partial charge in [-0.1, -0.05) is 43.0 Å². The van der Waals surface area contributed by atoms with E-state index < -0.39 is 0 Å². The summed E-state index contributed by atoms with van der Waals surface area (Å²) in [7, 11) is 0. The number of hydrogen-bond donors (Lipinski definition) is 2. The third-order valence-electron chi connectivity index (χ3n) is 4.43. The number of carbonyl (C=O) groups is 1. The maximum atomic E-state index is 13.6. The molecule has 0 bridgehead atoms. The average Bonchev–Trinajstić information content (AvgIpc) is 3.08. The molecular formula is C20H18FN5OS. The van der Waals surface area contributed by atoms with Crippen LogP contribution in [0.15, 0.2) is 47.6 Å². The Hall–Kier alpha value is -3.00. The lowest BCUT2D eigenvalue weighted by Gasteiger charge is -2.05. The van der Waals surface area contributed by atoms with Gasteiger partial charge in [-0.05, 0) is 30.2 Å². The van der Waals surface area contributed by atoms with E-state index in [0.717, 1.165) is 22.8 Å². The first kappa shape index (κ1) is 18.4. The molecule has 0 radical (unpaired) electrons. The number of nitrogens with one attached hydrogen (secondary N) is 2. The normalized spacial score (nSPS) is 11.2. The van der Waals surface area contributed by atoms with Crippen LogP contribution in [0.3, 0.4) is 0 Å². The van der Waals surface area contributed by atoms with Gasteiger partial charge in [0.1, 0.15) is 11.3 Å². The first-order valence-electron chi connectivity index (χ1n) is 8.92. The molecule has 142 valence electrons. The minimum atomic E-state index is -0.335. The van der Waals surface area contributed by atoms with Crippen molar-refractivity contribution in [2.45, 2.75) is 25.0 Å². The van der Waals surface area contributed by atoms with Gasteiger partial charge >= 0.3 is 0 Å². The Morgan fingerprint density at radius 1 is 1.21 bits per heavy atom. The van der Waals surface area contributed by atoms with Crippen LogP contribution in [0.5, 0.6) is 0 Å². The molecule has 0 fully saturated rings. The second kappa shape index (κ2) is 7.93. The number of rotatable bonds is 6. The average molecular weight is 395 g/mol. The number of halogens is 1. The van der Waals surface area contributed by atoms with Crippen LogP contribution in [-0.4, -0.2) is 31.8 Å². The molecule has 0 unspecified atom stereocenters. The fourth-order valence-electron chi connectivity index (χ4n) is 2.90. The Kier molecular flexibility index (Phi) is 5.21. The van der Waals surface area contributed by atoms with Crippen molar-refractivity contribution in [1.82, 2.24) is 25.5 Å². The van der Waals surface area contributed by atoms with Gasteiger partial charge in [-0.3, -0.25) is 4.79 Å². The third kappa shape index (κ3) is 3.82. The minimum Gasteiger partial charge on any atom is -0.351 e. The summed E-state index contributed by atoms with van der Waals surface area (Å²) in [6.45, 7) is 2.25. The molecule has 6 nitrogen and oxygen atoms in total. The first-order valence-corrected chi connectivity index (χ1v) is 9.90. The molecule has 2 aromatic heterocycles. The van der Waals surface area contributed by atoms with Crippen LogP contribution >= 0.6 is 11.8 Å². The third-order valence-corrected chi connectivity index (χ3v) is 5.27. The molecule has 0 spiro atoms. The molecule has 2 heterocycles. The van der Waals surface area contributed by atoms with Crippen LogP contribution in [-0.2, 0) is 17.8 Å². The number of benzene rings is 2. The van der Waals surface area contributed by atoms with Crippen LogP contribution in [0.1, 0.15) is 18.1 Å². The predicted molar refractivity (Wildman–Crippen MR) is 108 cm³/mol. The standard InChI is InChI=1S/C20H18FN5OS/c1-2-12-7-8-16-14(9-12)18-19(23-16)24-20(26-25-18)28-11-17(27)22-10-13-5-3-4-6-15(13)21/h3-9H,2,10-11H2,1H3,(H,22,27)(H,23,24,26). The Balaban J connectivity index is 1.42. The SMILES string of the molecule is CCc1ccc2[nH]c3nc(SCC(=O)NCc4ccccc4F)nnc3c2c1. The van der Waals surface area contributed by atoms with Crippen molar-refractivity contribution in [1.29, 1.82) is 0 Å². The van der Waals surface area contributed by atoms with Gasteiger partial charge in [0.15, 0.2) is 5.65 Å². The smallest absolute Gasteiger partial charge is 0.230 e. The Labute approximate surface area is 165 Å². The van der Waals surface area contributed by atoms with Crippen LogP contribution in [0, 0.1) is 5.82 Å². The molecule has 1 amide bonds. The zero-order valence-corrected chi connectivity index (χ0v) is 16.0. The van der Waals surface area contributed by atoms with E-state index in [9.17, 15) is 9.18 Å². The first-order chi connectivity index (χ1) is 13.6. The number of amides is 1. The van der Waals surface area contributed by atoms with Crippen molar-refractivity contribution >= 4 is 39.7 Å². The van der Waals surface area contributed by atoms with Gasteiger partial charge in [0.2, 0.25) is 11.1 Å². The van der Waals surface area contributed by atoms with E-state index in [1.54, 1.807) is 18.2 Å². The van der Waals surface area contributed by atoms with Gasteiger partial charge in [-0.15, -0.1) is 10.2 Å². The molecule has 0 aliphatic carbocycles. The summed E-state index contributed by atoms with van der Waals surface area (Å²) in [5.74, 6) is -0.429. The van der Waals surface area contributed by atoms with Crippen LogP contribution < -0.4 is 5.32 Å². The zero-order chi connectivity index (χ0) is 19.5. The lowest BCUT2D eigenvalue weighted by molar-refractivity contribution is -0.118. The van der Waals surface area contributed by atoms with Crippen molar-refractivity contribution in [2.75, 3.05) is 5.75 Å². The number of nitrogens with zero attached hydrogens (tertiary/aromatic N) is 3. The number of aromatic nitrogens is 4. The largest absolute Gasteiger partial charge is 0.351 e. The summed E-state index contributed by atoms with van der Waals surface area (Å²) in [6.07, 6.45) is 0.944. The van der Waals surface area contributed by atoms with E-state index in [1.807, 2.05) is 6.07 Å². The Morgan fingerprint density at radius 2 is 2.07 bits per heavy atom. The number of fused-ring (bicyclic) bond motifs is 3. The van der Waals surface area contributed by atoms with E-state index in [2.05, 4.69) is 44.5 Å². The maximum absolute atomic E-state index is 13.6. The molecule has 4 rings (SSSR count). The lowest BCUT2D eigenvalue weighted by atomic mass is 10.1. The van der Waals surface area contributed by atoms with Gasteiger partial charge in [-0.2, -0.15) is 0 Å². The highest BCUT2D eigenvalue weighted by molar-refractivity contribution is 7.99. The fourth-order valence-corrected chi connectivity index (χ4v) is 3.52. The summed E-state index contributed by atoms with van der Waals surface area (Å²) in [5, 5.41) is 12.5. The highest BCUT2D eigenvalue weighted by Crippen LogP contribution is 2.24. The van der Waals surface area contributed by atoms with E-state index in [-0.39, 0.29) is 24.0 Å². The topological polar surface area (TPSA) is 83.6 Å². The highest BCUT2D eigenvalue weighted by Gasteiger charge is 2.12. The second-order valence-corrected chi connectivity index (χ2v) is 7.25. The van der Waals surface area contributed by atoms with Crippen molar-refractivity contribution in [3.8, 4) is 0 Å². The summed E-state index contributed by atoms with van der Waals surface area (Å²) in [4.78, 5) is 19.7. The number of aromatic amines is 1. The fraction of sp³-hybridized carbons (Fsp3) is 0.200. The van der Waals surface area contributed by atoms with E-state index in [1.165, 1.54) is 23.4 Å². The van der Waals surface area contributed by atoms with Gasteiger partial charge in [0.05, 0.1) is 5.75 Å². The minimum absolute atomic E-state index is 0.127. The Morgan fingerprint density at radius 3 is 2.89 bits per heavy atom. The predicted octanol–water partition coefficient (Wildman–Crippen LogP) is 3.62. The Bertz CT molecular complexity index is 1160. The van der Waals surface area contributed by atoms with Crippen LogP contribution in [0.4, 0.5) is 4.39 Å². The monoisotopic (exact) mass is 395 g/mol. The van der Waals surface area contributed by atoms with Gasteiger partial charge in [0.25, 0.3) is 0 Å². The second-order valence-electron chi connectivity index (χ2n) is 6.31. The van der Waals surface area contributed by atoms with Crippen LogP contribution in [0.2, 0.25) is 0 Å². The van der Waals surface area contributed by atoms with Crippen molar-refractivity contribution in [2.24, 2.45) is 0 Å². The van der Waals surface area contributed by atoms with Crippen LogP contribution in [0.25, 0.3) is 22.1 Å². The summed E-state index contributed by atoms with van der Waals surface area (Å²) < 4.78 is 13.6. The number of aryl methyl sites for hydroxylation is 1. The number of hydrogen-bond acceptors (Lipinski definition) is 5. The maximum Gasteiger partial charge on any atom is 0.230 e. The van der Waals surface area contributed by atoms with E-state index in [4.69, 9.17) is 0 Å². The number of thioether (sulfide) groups is 1. The zero-order valence-electron chi connectivity index (χ0n) is 15.2. The molecule has 0 aliphatic rings. The molecule has 0 saturated carbocycles. The summed E-state index contributed by atoms with van der Waals surface area (Å²) >= 11 is 1.19. The van der Waals surface area contributed by atoms with E-state index >= 15 is 0 Å². The van der Waals surface area contributed by atoms with Gasteiger partial charge in [-0.25, -0.2) is 9.37 Å². The summed E-state index contributed by atoms with van der Waals surface area (Å²) in [5.41, 5.74) is 4.00. The molecule has 0 saturated heterocycles. The van der Waals surface area contributed by atoms with Gasteiger partial charge < -0.3 is 10.3 Å². The molecule has 8 heteroatoms. The quantitative estimate of drug-likeness (QED) is 0.487. The molecule has 0 atom stereocenters. The van der Waals surface area contributed by atoms with Gasteiger partial charge in [0, 0.05) is 23.0 Å². The molecule has 2 N–H and O–H groups in total. The van der Waals surface area contributed by atoms with Crippen molar-refractivity contribution in [3.63, 3.8) is 0 Å². The molecular weight excluding hydrogens is 377 g/mol. The molecule has 2 aromatic carbocycles. The lowest BCUT2D eigenvalue weighted by Crippen LogP contribution is -2.25. The number of H-pyrrole nitrogens is 1. The highest BCUT2D eigenvalue weighted by atomic mass is 32.2. The molecule has 4 aromatic rings.